The van der Waals surface area contributed by atoms with Crippen molar-refractivity contribution in [2.45, 2.75) is 0 Å². The highest BCUT2D eigenvalue weighted by molar-refractivity contribution is 9.10. The summed E-state index contributed by atoms with van der Waals surface area (Å²) in [6, 6.07) is 3.68. The van der Waals surface area contributed by atoms with E-state index in [2.05, 4.69) is 20.9 Å². The standard InChI is InChI=1S/C9H9BrN2O2/c10-7-1-2-8(11-5-7)12-3-4-14-6-9(12)13/h1-2,5H,3-4,6H2. The summed E-state index contributed by atoms with van der Waals surface area (Å²) in [5.74, 6) is 0.646. The van der Waals surface area contributed by atoms with E-state index in [-0.39, 0.29) is 12.5 Å². The van der Waals surface area contributed by atoms with Crippen LogP contribution in [0.2, 0.25) is 0 Å². The molecule has 1 aliphatic rings. The van der Waals surface area contributed by atoms with Crippen molar-refractivity contribution in [3.63, 3.8) is 0 Å². The van der Waals surface area contributed by atoms with Crippen LogP contribution in [0.1, 0.15) is 0 Å². The molecule has 0 bridgehead atoms. The number of pyridine rings is 1. The van der Waals surface area contributed by atoms with Gasteiger partial charge in [-0.05, 0) is 28.1 Å². The van der Waals surface area contributed by atoms with Gasteiger partial charge in [0.15, 0.2) is 0 Å². The number of hydrogen-bond acceptors (Lipinski definition) is 3. The molecule has 0 radical (unpaired) electrons. The molecule has 0 aromatic carbocycles. The van der Waals surface area contributed by atoms with Crippen molar-refractivity contribution >= 4 is 27.7 Å². The van der Waals surface area contributed by atoms with Crippen LogP contribution in [0.25, 0.3) is 0 Å². The van der Waals surface area contributed by atoms with Crippen molar-refractivity contribution in [2.24, 2.45) is 0 Å². The second-order valence-electron chi connectivity index (χ2n) is 2.93. The molecule has 1 aromatic rings. The first-order valence-electron chi connectivity index (χ1n) is 4.27. The Hall–Kier alpha value is -0.940. The van der Waals surface area contributed by atoms with Crippen LogP contribution in [0.5, 0.6) is 0 Å². The van der Waals surface area contributed by atoms with Crippen molar-refractivity contribution in [3.05, 3.63) is 22.8 Å². The van der Waals surface area contributed by atoms with Gasteiger partial charge in [0, 0.05) is 10.7 Å². The van der Waals surface area contributed by atoms with E-state index in [4.69, 9.17) is 4.74 Å². The lowest BCUT2D eigenvalue weighted by atomic mass is 10.3. The van der Waals surface area contributed by atoms with E-state index in [9.17, 15) is 4.79 Å². The number of ether oxygens (including phenoxy) is 1. The monoisotopic (exact) mass is 256 g/mol. The van der Waals surface area contributed by atoms with Gasteiger partial charge in [0.25, 0.3) is 5.91 Å². The maximum absolute atomic E-state index is 11.4. The molecular formula is C9H9BrN2O2. The number of hydrogen-bond donors (Lipinski definition) is 0. The Balaban J connectivity index is 2.20. The molecule has 1 aromatic heterocycles. The van der Waals surface area contributed by atoms with Gasteiger partial charge in [-0.2, -0.15) is 0 Å². The summed E-state index contributed by atoms with van der Waals surface area (Å²) in [6.07, 6.45) is 1.68. The van der Waals surface area contributed by atoms with Gasteiger partial charge in [-0.1, -0.05) is 0 Å². The van der Waals surface area contributed by atoms with Crippen LogP contribution in [0.3, 0.4) is 0 Å². The van der Waals surface area contributed by atoms with Gasteiger partial charge in [0.05, 0.1) is 13.2 Å². The fourth-order valence-corrected chi connectivity index (χ4v) is 1.52. The molecule has 0 N–H and O–H groups in total. The lowest BCUT2D eigenvalue weighted by molar-refractivity contribution is -0.125. The highest BCUT2D eigenvalue weighted by Gasteiger charge is 2.20. The van der Waals surface area contributed by atoms with Crippen LogP contribution in [0, 0.1) is 0 Å². The first kappa shape index (κ1) is 9.61. The second kappa shape index (κ2) is 4.06. The molecule has 2 rings (SSSR count). The number of anilines is 1. The van der Waals surface area contributed by atoms with Crippen LogP contribution >= 0.6 is 15.9 Å². The van der Waals surface area contributed by atoms with Crippen LogP contribution in [-0.2, 0) is 9.53 Å². The third kappa shape index (κ3) is 1.93. The minimum Gasteiger partial charge on any atom is -0.370 e. The quantitative estimate of drug-likeness (QED) is 0.759. The molecule has 1 fully saturated rings. The maximum atomic E-state index is 11.4. The molecule has 74 valence electrons. The van der Waals surface area contributed by atoms with Crippen LogP contribution in [0.15, 0.2) is 22.8 Å². The molecular weight excluding hydrogens is 248 g/mol. The highest BCUT2D eigenvalue weighted by atomic mass is 79.9. The minimum atomic E-state index is -0.0360. The Bertz CT molecular complexity index is 339. The number of halogens is 1. The average Bonchev–Trinajstić information content (AvgIpc) is 2.20. The molecule has 0 atom stereocenters. The zero-order chi connectivity index (χ0) is 9.97. The topological polar surface area (TPSA) is 42.4 Å². The lowest BCUT2D eigenvalue weighted by Crippen LogP contribution is -2.42. The fourth-order valence-electron chi connectivity index (χ4n) is 1.29. The number of amides is 1. The summed E-state index contributed by atoms with van der Waals surface area (Å²) >= 11 is 3.29. The second-order valence-corrected chi connectivity index (χ2v) is 3.85. The molecule has 1 amide bonds. The lowest BCUT2D eigenvalue weighted by Gasteiger charge is -2.25. The van der Waals surface area contributed by atoms with E-state index in [0.29, 0.717) is 19.0 Å². The third-order valence-electron chi connectivity index (χ3n) is 1.97. The molecule has 14 heavy (non-hydrogen) atoms. The van der Waals surface area contributed by atoms with Gasteiger partial charge in [-0.15, -0.1) is 0 Å². The van der Waals surface area contributed by atoms with Crippen LogP contribution in [0.4, 0.5) is 5.82 Å². The van der Waals surface area contributed by atoms with E-state index in [1.54, 1.807) is 11.1 Å². The largest absolute Gasteiger partial charge is 0.370 e. The Morgan fingerprint density at radius 1 is 1.50 bits per heavy atom. The zero-order valence-electron chi connectivity index (χ0n) is 7.44. The van der Waals surface area contributed by atoms with E-state index >= 15 is 0 Å². The Kier molecular flexibility index (Phi) is 2.79. The summed E-state index contributed by atoms with van der Waals surface area (Å²) in [7, 11) is 0. The van der Waals surface area contributed by atoms with E-state index in [1.807, 2.05) is 12.1 Å². The highest BCUT2D eigenvalue weighted by Crippen LogP contribution is 2.16. The number of nitrogens with zero attached hydrogens (tertiary/aromatic N) is 2. The van der Waals surface area contributed by atoms with Gasteiger partial charge < -0.3 is 4.74 Å². The number of rotatable bonds is 1. The SMILES string of the molecule is O=C1COCCN1c1ccc(Br)cn1. The number of carbonyl (C=O) groups excluding carboxylic acids is 1. The summed E-state index contributed by atoms with van der Waals surface area (Å²) in [6.45, 7) is 1.30. The molecule has 4 nitrogen and oxygen atoms in total. The number of carbonyl (C=O) groups is 1. The van der Waals surface area contributed by atoms with E-state index in [1.165, 1.54) is 0 Å². The minimum absolute atomic E-state index is 0.0360. The zero-order valence-corrected chi connectivity index (χ0v) is 9.03. The Morgan fingerprint density at radius 3 is 3.00 bits per heavy atom. The predicted molar refractivity (Wildman–Crippen MR) is 55.1 cm³/mol. The van der Waals surface area contributed by atoms with Crippen molar-refractivity contribution in [3.8, 4) is 0 Å². The average molecular weight is 257 g/mol. The maximum Gasteiger partial charge on any atom is 0.254 e. The first-order valence-corrected chi connectivity index (χ1v) is 5.06. The number of morpholine rings is 1. The summed E-state index contributed by atoms with van der Waals surface area (Å²) < 4.78 is 5.93. The molecule has 0 aliphatic carbocycles. The summed E-state index contributed by atoms with van der Waals surface area (Å²) in [5, 5.41) is 0. The Morgan fingerprint density at radius 2 is 2.36 bits per heavy atom. The summed E-state index contributed by atoms with van der Waals surface area (Å²) in [4.78, 5) is 17.2. The molecule has 1 aliphatic heterocycles. The van der Waals surface area contributed by atoms with Gasteiger partial charge in [0.2, 0.25) is 0 Å². The molecule has 1 saturated heterocycles. The van der Waals surface area contributed by atoms with Gasteiger partial charge in [0.1, 0.15) is 12.4 Å². The van der Waals surface area contributed by atoms with Gasteiger partial charge in [-0.3, -0.25) is 9.69 Å². The molecule has 0 saturated carbocycles. The van der Waals surface area contributed by atoms with Crippen molar-refractivity contribution in [2.75, 3.05) is 24.7 Å². The molecule has 0 spiro atoms. The normalized spacial score (nSPS) is 17.2. The molecule has 2 heterocycles. The third-order valence-corrected chi connectivity index (χ3v) is 2.44. The summed E-state index contributed by atoms with van der Waals surface area (Å²) in [5.41, 5.74) is 0. The smallest absolute Gasteiger partial charge is 0.254 e. The van der Waals surface area contributed by atoms with Crippen molar-refractivity contribution in [1.29, 1.82) is 0 Å². The predicted octanol–water partition coefficient (Wildman–Crippen LogP) is 1.21. The fraction of sp³-hybridized carbons (Fsp3) is 0.333. The molecule has 5 heteroatoms. The van der Waals surface area contributed by atoms with Crippen LogP contribution < -0.4 is 4.90 Å². The van der Waals surface area contributed by atoms with E-state index in [0.717, 1.165) is 4.47 Å². The number of aromatic nitrogens is 1. The Labute approximate surface area is 90.0 Å². The first-order chi connectivity index (χ1) is 6.77. The van der Waals surface area contributed by atoms with Crippen molar-refractivity contribution < 1.29 is 9.53 Å². The van der Waals surface area contributed by atoms with Crippen LogP contribution in [-0.4, -0.2) is 30.6 Å². The van der Waals surface area contributed by atoms with Crippen molar-refractivity contribution in [1.82, 2.24) is 4.98 Å². The van der Waals surface area contributed by atoms with Gasteiger partial charge in [-0.25, -0.2) is 4.98 Å². The van der Waals surface area contributed by atoms with E-state index < -0.39 is 0 Å². The molecule has 0 unspecified atom stereocenters. The van der Waals surface area contributed by atoms with Gasteiger partial charge >= 0.3 is 0 Å².